The molecule has 1 aliphatic heterocycles. The molecule has 1 N–H and O–H groups in total. The van der Waals surface area contributed by atoms with E-state index in [0.29, 0.717) is 11.2 Å². The van der Waals surface area contributed by atoms with Gasteiger partial charge in [0.2, 0.25) is 0 Å². The number of methoxy groups -OCH3 is 3. The SMILES string of the molecule is COC(=O)C1(C(=O)OC)[C@@H](c2c(N(C)C)nc3ccccn3c2=O)N[C@@](Cc2ccccc2)(C(=O)OC)[C@H]1c1ccccc1. The van der Waals surface area contributed by atoms with Crippen LogP contribution in [0.5, 0.6) is 0 Å². The molecule has 4 aromatic rings. The number of hydrogen-bond acceptors (Lipinski definition) is 10. The highest BCUT2D eigenvalue weighted by atomic mass is 16.5. The van der Waals surface area contributed by atoms with E-state index in [1.165, 1.54) is 11.5 Å². The van der Waals surface area contributed by atoms with Crippen LogP contribution in [0.25, 0.3) is 5.65 Å². The lowest BCUT2D eigenvalue weighted by Gasteiger charge is -2.38. The van der Waals surface area contributed by atoms with E-state index in [2.05, 4.69) is 5.32 Å². The Morgan fingerprint density at radius 2 is 1.41 bits per heavy atom. The average Bonchev–Trinajstić information content (AvgIpc) is 3.36. The van der Waals surface area contributed by atoms with E-state index in [1.807, 2.05) is 30.3 Å². The summed E-state index contributed by atoms with van der Waals surface area (Å²) in [6.07, 6.45) is 1.54. The van der Waals surface area contributed by atoms with Crippen molar-refractivity contribution in [1.29, 1.82) is 0 Å². The molecule has 228 valence electrons. The first-order valence-corrected chi connectivity index (χ1v) is 14.0. The molecule has 0 unspecified atom stereocenters. The first kappa shape index (κ1) is 30.4. The molecule has 11 heteroatoms. The summed E-state index contributed by atoms with van der Waals surface area (Å²) in [7, 11) is 6.94. The number of benzene rings is 2. The van der Waals surface area contributed by atoms with Crippen molar-refractivity contribution in [2.45, 2.75) is 23.9 Å². The molecule has 0 amide bonds. The summed E-state index contributed by atoms with van der Waals surface area (Å²) >= 11 is 0. The predicted octanol–water partition coefficient (Wildman–Crippen LogP) is 2.68. The van der Waals surface area contributed by atoms with E-state index >= 15 is 0 Å². The minimum Gasteiger partial charge on any atom is -0.468 e. The number of fused-ring (bicyclic) bond motifs is 1. The Balaban J connectivity index is 1.98. The zero-order valence-electron chi connectivity index (χ0n) is 25.1. The third-order valence-electron chi connectivity index (χ3n) is 8.32. The summed E-state index contributed by atoms with van der Waals surface area (Å²) in [4.78, 5) is 63.7. The van der Waals surface area contributed by atoms with Gasteiger partial charge in [-0.25, -0.2) is 4.98 Å². The summed E-state index contributed by atoms with van der Waals surface area (Å²) in [6.45, 7) is 0. The third kappa shape index (κ3) is 4.60. The summed E-state index contributed by atoms with van der Waals surface area (Å²) in [5.41, 5.74) is -3.08. The fraction of sp³-hybridized carbons (Fsp3) is 0.303. The molecule has 1 aliphatic rings. The van der Waals surface area contributed by atoms with Crippen LogP contribution in [0.1, 0.15) is 28.7 Å². The smallest absolute Gasteiger partial charge is 0.327 e. The number of ether oxygens (including phenoxy) is 3. The van der Waals surface area contributed by atoms with E-state index in [1.54, 1.807) is 73.7 Å². The van der Waals surface area contributed by atoms with Crippen molar-refractivity contribution in [2.24, 2.45) is 5.41 Å². The number of carbonyl (C=O) groups is 3. The normalized spacial score (nSPS) is 20.6. The number of pyridine rings is 1. The second-order valence-electron chi connectivity index (χ2n) is 10.9. The summed E-state index contributed by atoms with van der Waals surface area (Å²) in [6, 6.07) is 21.5. The molecule has 0 spiro atoms. The highest BCUT2D eigenvalue weighted by Crippen LogP contribution is 2.60. The van der Waals surface area contributed by atoms with Gasteiger partial charge in [-0.15, -0.1) is 0 Å². The van der Waals surface area contributed by atoms with Crippen molar-refractivity contribution >= 4 is 29.4 Å². The van der Waals surface area contributed by atoms with Crippen LogP contribution in [-0.4, -0.2) is 68.3 Å². The molecule has 0 aliphatic carbocycles. The van der Waals surface area contributed by atoms with E-state index in [0.717, 1.165) is 19.8 Å². The number of aromatic nitrogens is 2. The lowest BCUT2D eigenvalue weighted by atomic mass is 9.62. The zero-order chi connectivity index (χ0) is 31.6. The number of carbonyl (C=O) groups excluding carboxylic acids is 3. The van der Waals surface area contributed by atoms with Crippen LogP contribution >= 0.6 is 0 Å². The molecule has 5 rings (SSSR count). The molecular formula is C33H34N4O7. The largest absolute Gasteiger partial charge is 0.468 e. The van der Waals surface area contributed by atoms with Gasteiger partial charge in [0, 0.05) is 32.6 Å². The Morgan fingerprint density at radius 1 is 0.841 bits per heavy atom. The topological polar surface area (TPSA) is 129 Å². The van der Waals surface area contributed by atoms with Crippen LogP contribution in [0.4, 0.5) is 5.82 Å². The van der Waals surface area contributed by atoms with Gasteiger partial charge in [-0.3, -0.25) is 28.9 Å². The molecule has 3 atom stereocenters. The predicted molar refractivity (Wildman–Crippen MR) is 162 cm³/mol. The highest BCUT2D eigenvalue weighted by Gasteiger charge is 2.75. The number of nitrogens with one attached hydrogen (secondary N) is 1. The van der Waals surface area contributed by atoms with Gasteiger partial charge in [-0.2, -0.15) is 0 Å². The monoisotopic (exact) mass is 598 g/mol. The van der Waals surface area contributed by atoms with Gasteiger partial charge in [0.25, 0.3) is 5.56 Å². The maximum absolute atomic E-state index is 14.4. The zero-order valence-corrected chi connectivity index (χ0v) is 25.1. The summed E-state index contributed by atoms with van der Waals surface area (Å²) in [5.74, 6) is -3.79. The summed E-state index contributed by atoms with van der Waals surface area (Å²) in [5, 5.41) is 3.33. The quantitative estimate of drug-likeness (QED) is 0.184. The molecule has 1 saturated heterocycles. The molecule has 0 radical (unpaired) electrons. The van der Waals surface area contributed by atoms with Crippen molar-refractivity contribution in [1.82, 2.24) is 14.7 Å². The Bertz CT molecular complexity index is 1740. The second kappa shape index (κ2) is 11.9. The lowest BCUT2D eigenvalue weighted by molar-refractivity contribution is -0.172. The van der Waals surface area contributed by atoms with Crippen molar-refractivity contribution in [2.75, 3.05) is 40.3 Å². The number of nitrogens with zero attached hydrogens (tertiary/aromatic N) is 3. The minimum atomic E-state index is -2.29. The molecule has 0 bridgehead atoms. The van der Waals surface area contributed by atoms with E-state index < -0.39 is 46.4 Å². The van der Waals surface area contributed by atoms with Gasteiger partial charge in [0.05, 0.1) is 32.9 Å². The number of hydrogen-bond donors (Lipinski definition) is 1. The van der Waals surface area contributed by atoms with Crippen molar-refractivity contribution in [3.05, 3.63) is 112 Å². The van der Waals surface area contributed by atoms with Gasteiger partial charge in [-0.05, 0) is 23.3 Å². The van der Waals surface area contributed by atoms with Crippen molar-refractivity contribution in [3.8, 4) is 0 Å². The molecule has 2 aromatic heterocycles. The van der Waals surface area contributed by atoms with Crippen LogP contribution in [-0.2, 0) is 35.0 Å². The van der Waals surface area contributed by atoms with Crippen LogP contribution in [0.3, 0.4) is 0 Å². The van der Waals surface area contributed by atoms with E-state index in [9.17, 15) is 19.2 Å². The summed E-state index contributed by atoms with van der Waals surface area (Å²) < 4.78 is 17.5. The second-order valence-corrected chi connectivity index (χ2v) is 10.9. The highest BCUT2D eigenvalue weighted by molar-refractivity contribution is 6.05. The Morgan fingerprint density at radius 3 is 1.98 bits per heavy atom. The van der Waals surface area contributed by atoms with Crippen LogP contribution < -0.4 is 15.8 Å². The van der Waals surface area contributed by atoms with E-state index in [-0.39, 0.29) is 17.8 Å². The van der Waals surface area contributed by atoms with Crippen LogP contribution in [0.15, 0.2) is 89.9 Å². The number of anilines is 1. The van der Waals surface area contributed by atoms with Gasteiger partial charge >= 0.3 is 17.9 Å². The molecule has 0 saturated carbocycles. The molecule has 2 aromatic carbocycles. The van der Waals surface area contributed by atoms with E-state index in [4.69, 9.17) is 19.2 Å². The molecule has 44 heavy (non-hydrogen) atoms. The molecule has 11 nitrogen and oxygen atoms in total. The van der Waals surface area contributed by atoms with Gasteiger partial charge in [0.15, 0.2) is 5.41 Å². The molecule has 3 heterocycles. The minimum absolute atomic E-state index is 0.00798. The maximum atomic E-state index is 14.4. The van der Waals surface area contributed by atoms with Crippen LogP contribution in [0.2, 0.25) is 0 Å². The fourth-order valence-corrected chi connectivity index (χ4v) is 6.58. The van der Waals surface area contributed by atoms with Gasteiger partial charge in [0.1, 0.15) is 17.0 Å². The Hall–Kier alpha value is -5.03. The van der Waals surface area contributed by atoms with Crippen LogP contribution in [0, 0.1) is 5.41 Å². The molecular weight excluding hydrogens is 564 g/mol. The standard InChI is InChI=1S/C33H34N4O7/c1-36(2)27-24(28(38)37-19-13-12-18-23(37)34-27)26-33(30(40)43-4,31(41)44-5)25(22-16-10-7-11-17-22)32(35-26,29(39)42-3)20-21-14-8-6-9-15-21/h6-19,25-26,35H,20H2,1-5H3/t25-,26-,32-/m1/s1. The van der Waals surface area contributed by atoms with Gasteiger partial charge < -0.3 is 19.1 Å². The molecule has 1 fully saturated rings. The third-order valence-corrected chi connectivity index (χ3v) is 8.32. The first-order chi connectivity index (χ1) is 21.2. The maximum Gasteiger partial charge on any atom is 0.327 e. The van der Waals surface area contributed by atoms with Gasteiger partial charge in [-0.1, -0.05) is 66.7 Å². The Kier molecular flexibility index (Phi) is 8.25. The number of esters is 3. The lowest BCUT2D eigenvalue weighted by Crippen LogP contribution is -2.56. The Labute approximate surface area is 254 Å². The number of rotatable bonds is 8. The fourth-order valence-electron chi connectivity index (χ4n) is 6.58. The van der Waals surface area contributed by atoms with Crippen molar-refractivity contribution < 1.29 is 28.6 Å². The van der Waals surface area contributed by atoms with Crippen molar-refractivity contribution in [3.63, 3.8) is 0 Å². The first-order valence-electron chi connectivity index (χ1n) is 14.0. The average molecular weight is 599 g/mol.